The van der Waals surface area contributed by atoms with Crippen molar-refractivity contribution in [3.8, 4) is 0 Å². The summed E-state index contributed by atoms with van der Waals surface area (Å²) in [4.78, 5) is 4.83. The zero-order valence-corrected chi connectivity index (χ0v) is 22.2. The molecule has 2 aromatic carbocycles. The van der Waals surface area contributed by atoms with Gasteiger partial charge < -0.3 is 14.0 Å². The van der Waals surface area contributed by atoms with Crippen molar-refractivity contribution >= 4 is 11.5 Å². The van der Waals surface area contributed by atoms with Gasteiger partial charge in [-0.3, -0.25) is 5.21 Å². The monoisotopic (exact) mass is 525 g/mol. The number of hydrogen-bond donors (Lipinski definition) is 1. The van der Waals surface area contributed by atoms with Crippen molar-refractivity contribution in [2.45, 2.75) is 39.0 Å². The number of rotatable bonds is 8. The topological polar surface area (TPSA) is 109 Å². The van der Waals surface area contributed by atoms with E-state index < -0.39 is 6.29 Å². The summed E-state index contributed by atoms with van der Waals surface area (Å²) in [6.07, 6.45) is 11.6. The molecule has 2 aliphatic heterocycles. The second kappa shape index (κ2) is 12.1. The maximum absolute atomic E-state index is 10.8. The average Bonchev–Trinajstić information content (AvgIpc) is 3.64. The molecule has 3 aromatic rings. The molecule has 39 heavy (non-hydrogen) atoms. The summed E-state index contributed by atoms with van der Waals surface area (Å²) in [5, 5.41) is 30.9. The first-order valence-corrected chi connectivity index (χ1v) is 12.9. The Morgan fingerprint density at radius 2 is 1.67 bits per heavy atom. The largest absolute Gasteiger partial charge is 0.350 e. The molecule has 200 valence electrons. The molecule has 0 saturated carbocycles. The second-order valence-electron chi connectivity index (χ2n) is 9.18. The van der Waals surface area contributed by atoms with E-state index >= 15 is 0 Å². The minimum atomic E-state index is -0.527. The third kappa shape index (κ3) is 5.63. The van der Waals surface area contributed by atoms with E-state index in [1.807, 2.05) is 42.6 Å². The molecule has 0 fully saturated rings. The number of nitrogens with zero attached hydrogens (tertiary/aromatic N) is 7. The van der Waals surface area contributed by atoms with Crippen LogP contribution in [0.25, 0.3) is 11.5 Å². The van der Waals surface area contributed by atoms with Crippen LogP contribution in [0.5, 0.6) is 0 Å². The third-order valence-electron chi connectivity index (χ3n) is 6.63. The molecule has 0 amide bonds. The van der Waals surface area contributed by atoms with Crippen LogP contribution in [-0.4, -0.2) is 34.0 Å². The fraction of sp³-hybridized carbons (Fsp3) is 0.276. The molecular weight excluding hydrogens is 494 g/mol. The van der Waals surface area contributed by atoms with Crippen LogP contribution in [0.2, 0.25) is 0 Å². The predicted molar refractivity (Wildman–Crippen MR) is 145 cm³/mol. The average molecular weight is 526 g/mol. The molecule has 1 aromatic heterocycles. The Labute approximate surface area is 225 Å². The van der Waals surface area contributed by atoms with Crippen LogP contribution in [0.3, 0.4) is 0 Å². The molecule has 10 nitrogen and oxygen atoms in total. The smallest absolute Gasteiger partial charge is 0.207 e. The van der Waals surface area contributed by atoms with E-state index in [9.17, 15) is 5.21 Å². The highest BCUT2D eigenvalue weighted by Gasteiger charge is 2.17. The van der Waals surface area contributed by atoms with Crippen molar-refractivity contribution in [3.05, 3.63) is 111 Å². The van der Waals surface area contributed by atoms with Crippen LogP contribution in [0.4, 0.5) is 0 Å². The minimum absolute atomic E-state index is 0.447. The molecule has 0 spiro atoms. The van der Waals surface area contributed by atoms with Gasteiger partial charge in [-0.1, -0.05) is 55.8 Å². The SMILES string of the molecule is CCCCc1nc(C(OC)OC)cn1Cc1ccc(=c2ccccc2=C2N=NN=N2)c(=C2C=CC=CN2O)c1. The van der Waals surface area contributed by atoms with Gasteiger partial charge in [0.1, 0.15) is 11.5 Å². The molecule has 0 bridgehead atoms. The Morgan fingerprint density at radius 3 is 2.38 bits per heavy atom. The van der Waals surface area contributed by atoms with E-state index in [-0.39, 0.29) is 0 Å². The zero-order valence-electron chi connectivity index (χ0n) is 22.2. The van der Waals surface area contributed by atoms with Crippen LogP contribution in [0, 0.1) is 10.4 Å². The Kier molecular flexibility index (Phi) is 8.16. The molecule has 10 heteroatoms. The van der Waals surface area contributed by atoms with Crippen molar-refractivity contribution in [2.24, 2.45) is 20.7 Å². The number of hydrogen-bond acceptors (Lipinski definition) is 9. The fourth-order valence-electron chi connectivity index (χ4n) is 4.75. The molecule has 3 heterocycles. The number of imidazole rings is 1. The normalized spacial score (nSPS) is 16.7. The number of unbranched alkanes of at least 4 members (excludes halogenated alkanes) is 1. The second-order valence-corrected chi connectivity index (χ2v) is 9.18. The van der Waals surface area contributed by atoms with E-state index in [4.69, 9.17) is 14.5 Å². The molecule has 0 saturated heterocycles. The van der Waals surface area contributed by atoms with Crippen LogP contribution < -0.4 is 10.4 Å². The zero-order chi connectivity index (χ0) is 27.2. The van der Waals surface area contributed by atoms with E-state index in [0.29, 0.717) is 18.1 Å². The van der Waals surface area contributed by atoms with Crippen LogP contribution in [0.1, 0.15) is 43.1 Å². The van der Waals surface area contributed by atoms with Gasteiger partial charge in [0.2, 0.25) is 12.1 Å². The third-order valence-corrected chi connectivity index (χ3v) is 6.63. The van der Waals surface area contributed by atoms with Gasteiger partial charge in [-0.25, -0.2) is 10.0 Å². The van der Waals surface area contributed by atoms with Gasteiger partial charge in [-0.2, -0.15) is 0 Å². The van der Waals surface area contributed by atoms with Gasteiger partial charge in [-0.05, 0) is 51.1 Å². The number of allylic oxidation sites excluding steroid dienone is 2. The van der Waals surface area contributed by atoms with Crippen LogP contribution >= 0.6 is 0 Å². The van der Waals surface area contributed by atoms with E-state index in [1.54, 1.807) is 26.5 Å². The van der Waals surface area contributed by atoms with Gasteiger partial charge in [0.15, 0.2) is 0 Å². The minimum Gasteiger partial charge on any atom is -0.350 e. The lowest BCUT2D eigenvalue weighted by Gasteiger charge is -2.16. The Balaban J connectivity index is 1.72. The molecule has 0 atom stereocenters. The summed E-state index contributed by atoms with van der Waals surface area (Å²) in [6.45, 7) is 2.76. The van der Waals surface area contributed by atoms with Gasteiger partial charge in [0, 0.05) is 50.0 Å². The first-order chi connectivity index (χ1) is 19.1. The molecule has 0 aliphatic carbocycles. The van der Waals surface area contributed by atoms with Crippen molar-refractivity contribution < 1.29 is 14.7 Å². The summed E-state index contributed by atoms with van der Waals surface area (Å²) in [7, 11) is 3.22. The molecule has 0 radical (unpaired) electrons. The summed E-state index contributed by atoms with van der Waals surface area (Å²) in [5.41, 5.74) is 2.45. The van der Waals surface area contributed by atoms with Crippen molar-refractivity contribution in [1.82, 2.24) is 14.6 Å². The maximum atomic E-state index is 10.8. The van der Waals surface area contributed by atoms with Crippen molar-refractivity contribution in [2.75, 3.05) is 14.2 Å². The number of methoxy groups -OCH3 is 2. The summed E-state index contributed by atoms with van der Waals surface area (Å²) >= 11 is 0. The van der Waals surface area contributed by atoms with Gasteiger partial charge in [-0.15, -0.1) is 10.2 Å². The fourth-order valence-corrected chi connectivity index (χ4v) is 4.75. The lowest BCUT2D eigenvalue weighted by Crippen LogP contribution is -2.22. The quantitative estimate of drug-likeness (QED) is 0.431. The number of hydroxylamine groups is 2. The first-order valence-electron chi connectivity index (χ1n) is 12.9. The number of aryl methyl sites for hydroxylation is 1. The van der Waals surface area contributed by atoms with E-state index in [0.717, 1.165) is 62.3 Å². The molecule has 5 rings (SSSR count). The maximum Gasteiger partial charge on any atom is 0.207 e. The molecular formula is C29H31N7O3. The van der Waals surface area contributed by atoms with E-state index in [1.165, 1.54) is 0 Å². The highest BCUT2D eigenvalue weighted by Crippen LogP contribution is 2.19. The standard InChI is InChI=1S/C29H31N7O3/c1-4-5-13-27-30-25(29(38-2)39-3)19-35(27)18-20-14-15-22(24(17-20)26-12-8-9-16-36(26)37)21-10-6-7-11-23(21)28-31-33-34-32-28/h6-12,14-17,19,29,37H,4-5,13,18H2,1-3H3. The lowest BCUT2D eigenvalue weighted by molar-refractivity contribution is -0.108. The number of ether oxygens (including phenoxy) is 2. The van der Waals surface area contributed by atoms with E-state index in [2.05, 4.69) is 50.4 Å². The van der Waals surface area contributed by atoms with Gasteiger partial charge in [0.05, 0.1) is 5.70 Å². The lowest BCUT2D eigenvalue weighted by atomic mass is 10.1. The Morgan fingerprint density at radius 1 is 0.923 bits per heavy atom. The first kappa shape index (κ1) is 26.4. The summed E-state index contributed by atoms with van der Waals surface area (Å²) in [5.74, 6) is 1.43. The molecule has 1 N–H and O–H groups in total. The molecule has 2 aliphatic rings. The number of benzene rings is 2. The number of aromatic nitrogens is 2. The van der Waals surface area contributed by atoms with Crippen molar-refractivity contribution in [1.29, 1.82) is 0 Å². The molecule has 0 unspecified atom stereocenters. The summed E-state index contributed by atoms with van der Waals surface area (Å²) in [6, 6.07) is 14.1. The van der Waals surface area contributed by atoms with Gasteiger partial charge in [0.25, 0.3) is 0 Å². The van der Waals surface area contributed by atoms with Crippen molar-refractivity contribution in [3.63, 3.8) is 0 Å². The van der Waals surface area contributed by atoms with Gasteiger partial charge >= 0.3 is 0 Å². The van der Waals surface area contributed by atoms with Crippen LogP contribution in [0.15, 0.2) is 93.8 Å². The predicted octanol–water partition coefficient (Wildman–Crippen LogP) is 4.63. The summed E-state index contributed by atoms with van der Waals surface area (Å²) < 4.78 is 13.1. The Hall–Kier alpha value is -4.25. The Bertz CT molecular complexity index is 1670. The highest BCUT2D eigenvalue weighted by molar-refractivity contribution is 5.58. The van der Waals surface area contributed by atoms with Crippen LogP contribution in [-0.2, 0) is 22.4 Å². The highest BCUT2D eigenvalue weighted by atomic mass is 16.7.